The third-order valence-electron chi connectivity index (χ3n) is 4.98. The van der Waals surface area contributed by atoms with Crippen LogP contribution in [0.3, 0.4) is 0 Å². The lowest BCUT2D eigenvalue weighted by Crippen LogP contribution is -2.41. The minimum absolute atomic E-state index is 0.0748. The molecule has 1 aromatic heterocycles. The van der Waals surface area contributed by atoms with Crippen LogP contribution in [0.15, 0.2) is 41.3 Å². The number of urea groups is 1. The highest BCUT2D eigenvalue weighted by Crippen LogP contribution is 2.42. The maximum Gasteiger partial charge on any atom is 0.325 e. The highest BCUT2D eigenvalue weighted by molar-refractivity contribution is 6.30. The molecule has 0 radical (unpaired) electrons. The second-order valence-electron chi connectivity index (χ2n) is 6.51. The first-order valence-electron chi connectivity index (χ1n) is 7.99. The van der Waals surface area contributed by atoms with Gasteiger partial charge in [-0.25, -0.2) is 4.79 Å². The molecule has 1 N–H and O–H groups in total. The van der Waals surface area contributed by atoms with Crippen LogP contribution in [-0.4, -0.2) is 21.4 Å². The summed E-state index contributed by atoms with van der Waals surface area (Å²) in [5.74, 6) is -0.278. The van der Waals surface area contributed by atoms with E-state index in [1.807, 2.05) is 12.1 Å². The van der Waals surface area contributed by atoms with Crippen molar-refractivity contribution in [3.63, 3.8) is 0 Å². The number of imide groups is 1. The molecule has 25 heavy (non-hydrogen) atoms. The molecular weight excluding hydrogens is 342 g/mol. The third kappa shape index (κ3) is 2.36. The monoisotopic (exact) mass is 357 g/mol. The van der Waals surface area contributed by atoms with Crippen LogP contribution < -0.4 is 10.9 Å². The molecule has 2 aliphatic rings. The van der Waals surface area contributed by atoms with Crippen molar-refractivity contribution in [1.29, 1.82) is 0 Å². The van der Waals surface area contributed by atoms with Crippen LogP contribution in [0.1, 0.15) is 23.1 Å². The summed E-state index contributed by atoms with van der Waals surface area (Å²) in [5, 5.41) is 3.48. The normalized spacial score (nSPS) is 21.8. The third-order valence-corrected chi connectivity index (χ3v) is 5.22. The molecule has 128 valence electrons. The SMILES string of the molecule is Cn1ccc(CN2C(=O)NC3(CCc4cc(Cl)ccc43)C2=O)cc1=O. The minimum Gasteiger partial charge on any atom is -0.319 e. The van der Waals surface area contributed by atoms with E-state index in [0.717, 1.165) is 11.1 Å². The van der Waals surface area contributed by atoms with Gasteiger partial charge in [0.05, 0.1) is 6.54 Å². The van der Waals surface area contributed by atoms with Crippen molar-refractivity contribution in [3.8, 4) is 0 Å². The van der Waals surface area contributed by atoms with Crippen LogP contribution in [0.5, 0.6) is 0 Å². The first-order chi connectivity index (χ1) is 11.9. The van der Waals surface area contributed by atoms with Crippen LogP contribution in [0.4, 0.5) is 4.79 Å². The summed E-state index contributed by atoms with van der Waals surface area (Å²) in [4.78, 5) is 38.5. The van der Waals surface area contributed by atoms with E-state index in [9.17, 15) is 14.4 Å². The Bertz CT molecular complexity index is 968. The average molecular weight is 358 g/mol. The molecule has 7 heteroatoms. The molecule has 0 saturated carbocycles. The lowest BCUT2D eigenvalue weighted by Gasteiger charge is -2.22. The van der Waals surface area contributed by atoms with Gasteiger partial charge in [-0.05, 0) is 47.7 Å². The number of amides is 3. The second-order valence-corrected chi connectivity index (χ2v) is 6.95. The first kappa shape index (κ1) is 15.9. The van der Waals surface area contributed by atoms with E-state index in [1.165, 1.54) is 15.5 Å². The fourth-order valence-corrected chi connectivity index (χ4v) is 3.83. The summed E-state index contributed by atoms with van der Waals surface area (Å²) < 4.78 is 1.44. The standard InChI is InChI=1S/C18H16ClN3O3/c1-21-7-5-11(8-15(21)23)10-22-16(24)18(20-17(22)25)6-4-12-9-13(19)2-3-14(12)18/h2-3,5,7-9H,4,6,10H2,1H3,(H,20,25). The molecule has 3 amide bonds. The fourth-order valence-electron chi connectivity index (χ4n) is 3.63. The van der Waals surface area contributed by atoms with Crippen LogP contribution in [0, 0.1) is 0 Å². The Balaban J connectivity index is 1.68. The Morgan fingerprint density at radius 2 is 2.00 bits per heavy atom. The fraction of sp³-hybridized carbons (Fsp3) is 0.278. The van der Waals surface area contributed by atoms with Gasteiger partial charge in [0, 0.05) is 24.3 Å². The molecule has 1 fully saturated rings. The average Bonchev–Trinajstić information content (AvgIpc) is 3.04. The van der Waals surface area contributed by atoms with E-state index in [0.29, 0.717) is 23.4 Å². The molecule has 1 aliphatic heterocycles. The van der Waals surface area contributed by atoms with Gasteiger partial charge in [-0.3, -0.25) is 14.5 Å². The predicted octanol–water partition coefficient (Wildman–Crippen LogP) is 1.93. The van der Waals surface area contributed by atoms with Crippen LogP contribution >= 0.6 is 11.6 Å². The number of aromatic nitrogens is 1. The number of carbonyl (C=O) groups excluding carboxylic acids is 2. The Hall–Kier alpha value is -2.60. The van der Waals surface area contributed by atoms with Gasteiger partial charge in [0.15, 0.2) is 0 Å². The van der Waals surface area contributed by atoms with Gasteiger partial charge >= 0.3 is 6.03 Å². The molecule has 1 spiro atoms. The number of hydrogen-bond donors (Lipinski definition) is 1. The summed E-state index contributed by atoms with van der Waals surface area (Å²) in [6, 6.07) is 8.12. The maximum absolute atomic E-state index is 13.1. The van der Waals surface area contributed by atoms with E-state index < -0.39 is 11.6 Å². The quantitative estimate of drug-likeness (QED) is 0.835. The number of halogens is 1. The van der Waals surface area contributed by atoms with E-state index in [4.69, 9.17) is 11.6 Å². The Morgan fingerprint density at radius 3 is 2.76 bits per heavy atom. The zero-order valence-electron chi connectivity index (χ0n) is 13.6. The second kappa shape index (κ2) is 5.46. The number of aryl methyl sites for hydroxylation is 2. The summed E-state index contributed by atoms with van der Waals surface area (Å²) in [6.07, 6.45) is 2.82. The Kier molecular flexibility index (Phi) is 3.47. The number of fused-ring (bicyclic) bond motifs is 2. The number of pyridine rings is 1. The van der Waals surface area contributed by atoms with E-state index in [1.54, 1.807) is 25.4 Å². The molecule has 0 bridgehead atoms. The number of nitrogens with zero attached hydrogens (tertiary/aromatic N) is 2. The van der Waals surface area contributed by atoms with Gasteiger partial charge in [-0.15, -0.1) is 0 Å². The summed E-state index contributed by atoms with van der Waals surface area (Å²) in [7, 11) is 1.65. The minimum atomic E-state index is -1.02. The topological polar surface area (TPSA) is 71.4 Å². The Morgan fingerprint density at radius 1 is 1.20 bits per heavy atom. The van der Waals surface area contributed by atoms with Gasteiger partial charge in [-0.1, -0.05) is 17.7 Å². The molecule has 6 nitrogen and oxygen atoms in total. The summed E-state index contributed by atoms with van der Waals surface area (Å²) in [6.45, 7) is 0.0748. The van der Waals surface area contributed by atoms with Crippen molar-refractivity contribution >= 4 is 23.5 Å². The lowest BCUT2D eigenvalue weighted by molar-refractivity contribution is -0.132. The summed E-state index contributed by atoms with van der Waals surface area (Å²) >= 11 is 6.03. The van der Waals surface area contributed by atoms with Crippen LogP contribution in [-0.2, 0) is 30.3 Å². The van der Waals surface area contributed by atoms with E-state index in [2.05, 4.69) is 5.32 Å². The van der Waals surface area contributed by atoms with Gasteiger partial charge in [0.25, 0.3) is 11.5 Å². The van der Waals surface area contributed by atoms with Gasteiger partial charge in [0.1, 0.15) is 5.54 Å². The number of hydrogen-bond acceptors (Lipinski definition) is 3. The molecule has 1 atom stereocenters. The summed E-state index contributed by atoms with van der Waals surface area (Å²) in [5.41, 5.74) is 1.22. The number of rotatable bonds is 2. The van der Waals surface area contributed by atoms with E-state index >= 15 is 0 Å². The van der Waals surface area contributed by atoms with Crippen molar-refractivity contribution in [2.24, 2.45) is 7.05 Å². The Labute approximate surface area is 149 Å². The number of nitrogens with one attached hydrogen (secondary N) is 1. The largest absolute Gasteiger partial charge is 0.325 e. The van der Waals surface area contributed by atoms with Crippen LogP contribution in [0.25, 0.3) is 0 Å². The van der Waals surface area contributed by atoms with Crippen molar-refractivity contribution < 1.29 is 9.59 Å². The molecule has 2 aromatic rings. The zero-order valence-corrected chi connectivity index (χ0v) is 14.3. The molecule has 1 unspecified atom stereocenters. The first-order valence-corrected chi connectivity index (χ1v) is 8.37. The van der Waals surface area contributed by atoms with Gasteiger partial charge < -0.3 is 9.88 Å². The van der Waals surface area contributed by atoms with Crippen LogP contribution in [0.2, 0.25) is 5.02 Å². The van der Waals surface area contributed by atoms with Crippen molar-refractivity contribution in [2.75, 3.05) is 0 Å². The molecule has 1 aromatic carbocycles. The molecule has 1 aliphatic carbocycles. The number of benzene rings is 1. The van der Waals surface area contributed by atoms with Gasteiger partial charge in [0.2, 0.25) is 0 Å². The number of carbonyl (C=O) groups is 2. The predicted molar refractivity (Wildman–Crippen MR) is 92.2 cm³/mol. The maximum atomic E-state index is 13.1. The molecule has 4 rings (SSSR count). The van der Waals surface area contributed by atoms with Gasteiger partial charge in [-0.2, -0.15) is 0 Å². The molecule has 2 heterocycles. The van der Waals surface area contributed by atoms with Crippen molar-refractivity contribution in [1.82, 2.24) is 14.8 Å². The highest BCUT2D eigenvalue weighted by atomic mass is 35.5. The lowest BCUT2D eigenvalue weighted by atomic mass is 9.92. The van der Waals surface area contributed by atoms with Crippen molar-refractivity contribution in [2.45, 2.75) is 24.9 Å². The van der Waals surface area contributed by atoms with E-state index in [-0.39, 0.29) is 18.0 Å². The van der Waals surface area contributed by atoms with Crippen molar-refractivity contribution in [3.05, 3.63) is 68.6 Å². The molecular formula is C18H16ClN3O3. The molecule has 1 saturated heterocycles. The highest BCUT2D eigenvalue weighted by Gasteiger charge is 2.55. The zero-order chi connectivity index (χ0) is 17.8. The smallest absolute Gasteiger partial charge is 0.319 e.